The molecule has 0 radical (unpaired) electrons. The van der Waals surface area contributed by atoms with E-state index in [1.54, 1.807) is 0 Å². The first-order valence-electron chi connectivity index (χ1n) is 6.74. The van der Waals surface area contributed by atoms with Crippen molar-refractivity contribution in [3.05, 3.63) is 22.4 Å². The van der Waals surface area contributed by atoms with Crippen LogP contribution in [0, 0.1) is 0 Å². The quantitative estimate of drug-likeness (QED) is 0.719. The van der Waals surface area contributed by atoms with Crippen molar-refractivity contribution < 1.29 is 14.3 Å². The largest absolute Gasteiger partial charge is 0.469 e. The Hall–Kier alpha value is -1.40. The number of rotatable bonds is 8. The van der Waals surface area contributed by atoms with Gasteiger partial charge in [0.15, 0.2) is 0 Å². The Labute approximate surface area is 123 Å². The second-order valence-corrected chi connectivity index (χ2v) is 5.58. The van der Waals surface area contributed by atoms with E-state index >= 15 is 0 Å². The minimum atomic E-state index is -0.532. The van der Waals surface area contributed by atoms with Crippen molar-refractivity contribution in [2.24, 2.45) is 5.73 Å². The molecule has 1 rings (SSSR count). The van der Waals surface area contributed by atoms with E-state index in [0.29, 0.717) is 6.42 Å². The highest BCUT2D eigenvalue weighted by molar-refractivity contribution is 7.10. The molecule has 0 saturated carbocycles. The molecular formula is C14H22N2O3S. The van der Waals surface area contributed by atoms with Gasteiger partial charge in [0.05, 0.1) is 25.6 Å². The summed E-state index contributed by atoms with van der Waals surface area (Å²) in [5, 5.41) is 4.74. The minimum Gasteiger partial charge on any atom is -0.469 e. The summed E-state index contributed by atoms with van der Waals surface area (Å²) in [6, 6.07) is 2.86. The van der Waals surface area contributed by atoms with Crippen molar-refractivity contribution >= 4 is 23.2 Å². The highest BCUT2D eigenvalue weighted by atomic mass is 32.1. The lowest BCUT2D eigenvalue weighted by atomic mass is 10.1. The van der Waals surface area contributed by atoms with Gasteiger partial charge in [0.1, 0.15) is 0 Å². The second kappa shape index (κ2) is 8.71. The Morgan fingerprint density at radius 1 is 1.50 bits per heavy atom. The van der Waals surface area contributed by atoms with Gasteiger partial charge < -0.3 is 15.8 Å². The Kier molecular flexibility index (Phi) is 7.25. The topological polar surface area (TPSA) is 81.4 Å². The Morgan fingerprint density at radius 3 is 2.80 bits per heavy atom. The van der Waals surface area contributed by atoms with E-state index in [9.17, 15) is 9.59 Å². The van der Waals surface area contributed by atoms with Crippen molar-refractivity contribution in [2.75, 3.05) is 7.11 Å². The van der Waals surface area contributed by atoms with Crippen molar-refractivity contribution in [3.8, 4) is 0 Å². The number of carbonyl (C=O) groups excluding carboxylic acids is 2. The van der Waals surface area contributed by atoms with Crippen molar-refractivity contribution in [3.63, 3.8) is 0 Å². The number of hydrogen-bond acceptors (Lipinski definition) is 5. The van der Waals surface area contributed by atoms with E-state index < -0.39 is 6.04 Å². The summed E-state index contributed by atoms with van der Waals surface area (Å²) in [5.74, 6) is -0.577. The molecule has 3 N–H and O–H groups in total. The Balaban J connectivity index is 2.65. The van der Waals surface area contributed by atoms with Crippen LogP contribution < -0.4 is 11.1 Å². The van der Waals surface area contributed by atoms with E-state index in [2.05, 4.69) is 17.0 Å². The first kappa shape index (κ1) is 16.7. The molecule has 1 aromatic rings. The van der Waals surface area contributed by atoms with Crippen LogP contribution >= 0.6 is 11.3 Å². The zero-order chi connectivity index (χ0) is 15.0. The van der Waals surface area contributed by atoms with Crippen LogP contribution in [0.2, 0.25) is 0 Å². The van der Waals surface area contributed by atoms with Gasteiger partial charge >= 0.3 is 5.97 Å². The fraction of sp³-hybridized carbons (Fsp3) is 0.571. The van der Waals surface area contributed by atoms with Crippen LogP contribution in [0.1, 0.15) is 43.5 Å². The van der Waals surface area contributed by atoms with E-state index in [-0.39, 0.29) is 24.3 Å². The molecule has 20 heavy (non-hydrogen) atoms. The first-order valence-corrected chi connectivity index (χ1v) is 7.62. The van der Waals surface area contributed by atoms with Crippen LogP contribution in [-0.4, -0.2) is 25.0 Å². The maximum absolute atomic E-state index is 12.0. The summed E-state index contributed by atoms with van der Waals surface area (Å²) in [6.45, 7) is 2.05. The molecule has 0 aliphatic heterocycles. The number of nitrogens with two attached hydrogens (primary N) is 1. The second-order valence-electron chi connectivity index (χ2n) is 4.61. The van der Waals surface area contributed by atoms with E-state index in [4.69, 9.17) is 5.73 Å². The summed E-state index contributed by atoms with van der Waals surface area (Å²) in [6.07, 6.45) is 2.67. The number of methoxy groups -OCH3 is 1. The molecular weight excluding hydrogens is 276 g/mol. The molecule has 112 valence electrons. The third-order valence-electron chi connectivity index (χ3n) is 3.01. The van der Waals surface area contributed by atoms with Gasteiger partial charge in [-0.15, -0.1) is 11.3 Å². The first-order chi connectivity index (χ1) is 9.58. The van der Waals surface area contributed by atoms with Crippen LogP contribution in [0.3, 0.4) is 0 Å². The Morgan fingerprint density at radius 2 is 2.25 bits per heavy atom. The lowest BCUT2D eigenvalue weighted by molar-refractivity contribution is -0.141. The van der Waals surface area contributed by atoms with E-state index in [1.165, 1.54) is 18.4 Å². The summed E-state index contributed by atoms with van der Waals surface area (Å²) in [4.78, 5) is 24.4. The van der Waals surface area contributed by atoms with Crippen LogP contribution in [0.5, 0.6) is 0 Å². The molecule has 5 nitrogen and oxygen atoms in total. The van der Waals surface area contributed by atoms with Gasteiger partial charge in [0.2, 0.25) is 5.91 Å². The number of esters is 1. The fourth-order valence-electron chi connectivity index (χ4n) is 1.80. The van der Waals surface area contributed by atoms with E-state index in [0.717, 1.165) is 17.7 Å². The Bertz CT molecular complexity index is 420. The van der Waals surface area contributed by atoms with Gasteiger partial charge in [-0.25, -0.2) is 0 Å². The molecule has 1 aromatic heterocycles. The smallest absolute Gasteiger partial charge is 0.307 e. The number of amides is 1. The lowest BCUT2D eigenvalue weighted by Gasteiger charge is -2.19. The SMILES string of the molecule is CCCCC(N)C(=O)NC(CC(=O)OC)c1cccs1. The highest BCUT2D eigenvalue weighted by Crippen LogP contribution is 2.22. The number of thiophene rings is 1. The normalized spacial score (nSPS) is 13.6. The molecule has 6 heteroatoms. The van der Waals surface area contributed by atoms with Gasteiger partial charge in [0, 0.05) is 4.88 Å². The molecule has 0 aromatic carbocycles. The minimum absolute atomic E-state index is 0.114. The zero-order valence-electron chi connectivity index (χ0n) is 11.9. The number of hydrogen-bond donors (Lipinski definition) is 2. The van der Waals surface area contributed by atoms with Crippen molar-refractivity contribution in [1.82, 2.24) is 5.32 Å². The zero-order valence-corrected chi connectivity index (χ0v) is 12.7. The van der Waals surface area contributed by atoms with Crippen molar-refractivity contribution in [1.29, 1.82) is 0 Å². The molecule has 0 fully saturated rings. The van der Waals surface area contributed by atoms with Gasteiger partial charge in [0.25, 0.3) is 0 Å². The number of ether oxygens (including phenoxy) is 1. The monoisotopic (exact) mass is 298 g/mol. The fourth-order valence-corrected chi connectivity index (χ4v) is 2.57. The standard InChI is InChI=1S/C14H22N2O3S/c1-3-4-6-10(15)14(18)16-11(9-13(17)19-2)12-7-5-8-20-12/h5,7-8,10-11H,3-4,6,9,15H2,1-2H3,(H,16,18). The van der Waals surface area contributed by atoms with Gasteiger partial charge in [-0.2, -0.15) is 0 Å². The lowest BCUT2D eigenvalue weighted by Crippen LogP contribution is -2.42. The van der Waals surface area contributed by atoms with Crippen LogP contribution in [0.25, 0.3) is 0 Å². The van der Waals surface area contributed by atoms with Crippen molar-refractivity contribution in [2.45, 2.75) is 44.7 Å². The summed E-state index contributed by atoms with van der Waals surface area (Å²) in [5.41, 5.74) is 5.84. The van der Waals surface area contributed by atoms with Gasteiger partial charge in [-0.05, 0) is 17.9 Å². The third-order valence-corrected chi connectivity index (χ3v) is 3.99. The van der Waals surface area contributed by atoms with Gasteiger partial charge in [-0.1, -0.05) is 25.8 Å². The molecule has 1 amide bonds. The molecule has 0 bridgehead atoms. The van der Waals surface area contributed by atoms with Gasteiger partial charge in [-0.3, -0.25) is 9.59 Å². The van der Waals surface area contributed by atoms with Crippen LogP contribution in [0.4, 0.5) is 0 Å². The number of nitrogens with one attached hydrogen (secondary N) is 1. The summed E-state index contributed by atoms with van der Waals surface area (Å²) < 4.78 is 4.67. The molecule has 0 aliphatic carbocycles. The molecule has 0 aliphatic rings. The molecule has 0 saturated heterocycles. The maximum Gasteiger partial charge on any atom is 0.307 e. The average molecular weight is 298 g/mol. The summed E-state index contributed by atoms with van der Waals surface area (Å²) in [7, 11) is 1.34. The molecule has 2 atom stereocenters. The van der Waals surface area contributed by atoms with Crippen LogP contribution in [0.15, 0.2) is 17.5 Å². The number of carbonyl (C=O) groups is 2. The molecule has 1 heterocycles. The average Bonchev–Trinajstić information content (AvgIpc) is 2.97. The third kappa shape index (κ3) is 5.30. The number of unbranched alkanes of at least 4 members (excludes halogenated alkanes) is 1. The molecule has 2 unspecified atom stereocenters. The van der Waals surface area contributed by atoms with E-state index in [1.807, 2.05) is 17.5 Å². The molecule has 0 spiro atoms. The van der Waals surface area contributed by atoms with Crippen LogP contribution in [-0.2, 0) is 14.3 Å². The summed E-state index contributed by atoms with van der Waals surface area (Å²) >= 11 is 1.49. The highest BCUT2D eigenvalue weighted by Gasteiger charge is 2.22. The predicted molar refractivity (Wildman–Crippen MR) is 79.3 cm³/mol. The predicted octanol–water partition coefficient (Wildman–Crippen LogP) is 1.99. The maximum atomic E-state index is 12.0.